The van der Waals surface area contributed by atoms with Crippen molar-refractivity contribution in [1.29, 1.82) is 0 Å². The number of aliphatic hydroxyl groups excluding tert-OH is 4. The van der Waals surface area contributed by atoms with Crippen LogP contribution in [-0.2, 0) is 54.6 Å². The maximum Gasteiger partial charge on any atom is 0.267 e. The Morgan fingerprint density at radius 3 is 2.05 bits per heavy atom. The van der Waals surface area contributed by atoms with Gasteiger partial charge in [-0.25, -0.2) is 4.99 Å². The van der Waals surface area contributed by atoms with Crippen molar-refractivity contribution >= 4 is 77.5 Å². The van der Waals surface area contributed by atoms with Crippen molar-refractivity contribution in [2.24, 2.45) is 22.6 Å². The van der Waals surface area contributed by atoms with Gasteiger partial charge in [-0.3, -0.25) is 48.2 Å². The third kappa shape index (κ3) is 23.6. The van der Waals surface area contributed by atoms with E-state index >= 15 is 0 Å². The first-order chi connectivity index (χ1) is 35.7. The summed E-state index contributed by atoms with van der Waals surface area (Å²) in [7, 11) is 0. The fraction of sp³-hybridized carbons (Fsp3) is 0.720. The summed E-state index contributed by atoms with van der Waals surface area (Å²) >= 11 is 3.13. The number of nitrogens with one attached hydrogen (secondary N) is 6. The molecule has 0 spiro atoms. The molecule has 2 saturated heterocycles. The van der Waals surface area contributed by atoms with Crippen LogP contribution in [0.4, 0.5) is 0 Å². The minimum atomic E-state index is -1.58. The van der Waals surface area contributed by atoms with Gasteiger partial charge in [-0.15, -0.1) is 0 Å². The smallest absolute Gasteiger partial charge is 0.267 e. The molecule has 2 aliphatic heterocycles. The molecule has 0 bridgehead atoms. The number of pyridine rings is 1. The van der Waals surface area contributed by atoms with Gasteiger partial charge in [-0.05, 0) is 62.8 Å². The van der Waals surface area contributed by atoms with Crippen molar-refractivity contribution in [3.63, 3.8) is 0 Å². The molecule has 0 unspecified atom stereocenters. The van der Waals surface area contributed by atoms with E-state index < -0.39 is 84.0 Å². The van der Waals surface area contributed by atoms with E-state index in [1.165, 1.54) is 11.8 Å². The monoisotopic (exact) mass is 1090 g/mol. The number of ether oxygens (including phenoxy) is 1. The van der Waals surface area contributed by atoms with Gasteiger partial charge in [0.15, 0.2) is 0 Å². The Bertz CT molecular complexity index is 2030. The molecule has 8 amide bonds. The molecule has 0 aromatic carbocycles. The van der Waals surface area contributed by atoms with Crippen LogP contribution in [0.1, 0.15) is 110 Å². The Labute approximate surface area is 448 Å². The minimum absolute atomic E-state index is 0.000424. The average Bonchev–Trinajstić information content (AvgIpc) is 3.38. The second-order valence-electron chi connectivity index (χ2n) is 19.6. The molecular formula is C50H82N10O13S2. The molecule has 3 heterocycles. The molecule has 0 aliphatic carbocycles. The number of carbonyl (C=O) groups excluding carboxylic acids is 8. The Hall–Kier alpha value is -4.76. The summed E-state index contributed by atoms with van der Waals surface area (Å²) in [5.41, 5.74) is 6.04. The summed E-state index contributed by atoms with van der Waals surface area (Å²) in [6, 6.07) is 2.79. The Morgan fingerprint density at radius 1 is 0.853 bits per heavy atom. The van der Waals surface area contributed by atoms with Crippen LogP contribution in [0.2, 0.25) is 0 Å². The molecule has 0 radical (unpaired) electrons. The zero-order valence-corrected chi connectivity index (χ0v) is 45.5. The molecule has 1 aromatic rings. The number of hydrogen-bond acceptors (Lipinski definition) is 17. The zero-order valence-electron chi connectivity index (χ0n) is 43.9. The van der Waals surface area contributed by atoms with E-state index in [0.29, 0.717) is 68.2 Å². The van der Waals surface area contributed by atoms with E-state index in [-0.39, 0.29) is 94.5 Å². The number of piperidine rings is 1. The maximum absolute atomic E-state index is 13.9. The van der Waals surface area contributed by atoms with E-state index in [2.05, 4.69) is 43.6 Å². The molecule has 7 atom stereocenters. The van der Waals surface area contributed by atoms with E-state index in [9.17, 15) is 53.7 Å². The van der Waals surface area contributed by atoms with Crippen LogP contribution < -0.4 is 37.6 Å². The second kappa shape index (κ2) is 34.1. The number of primary amides is 1. The summed E-state index contributed by atoms with van der Waals surface area (Å²) in [5.74, 6) is -1.57. The van der Waals surface area contributed by atoms with Gasteiger partial charge >= 0.3 is 0 Å². The fourth-order valence-electron chi connectivity index (χ4n) is 8.42. The van der Waals surface area contributed by atoms with Crippen LogP contribution in [0.15, 0.2) is 23.2 Å². The van der Waals surface area contributed by atoms with Gasteiger partial charge in [0.05, 0.1) is 30.6 Å². The summed E-state index contributed by atoms with van der Waals surface area (Å²) < 4.78 is 5.54. The van der Waals surface area contributed by atoms with Gasteiger partial charge in [-0.2, -0.15) is 23.5 Å². The van der Waals surface area contributed by atoms with Crippen LogP contribution in [0.3, 0.4) is 0 Å². The number of thioether (sulfide) groups is 2. The number of likely N-dealkylation sites (tertiary alicyclic amines) is 1. The number of aliphatic hydroxyl groups is 4. The third-order valence-electron chi connectivity index (χ3n) is 13.1. The molecule has 422 valence electrons. The van der Waals surface area contributed by atoms with Crippen molar-refractivity contribution in [3.05, 3.63) is 29.6 Å². The maximum atomic E-state index is 13.9. The highest BCUT2D eigenvalue weighted by molar-refractivity contribution is 7.98. The summed E-state index contributed by atoms with van der Waals surface area (Å²) in [4.78, 5) is 113. The lowest BCUT2D eigenvalue weighted by Crippen LogP contribution is -2.64. The summed E-state index contributed by atoms with van der Waals surface area (Å²) in [5, 5.41) is 54.8. The predicted molar refractivity (Wildman–Crippen MR) is 285 cm³/mol. The molecule has 75 heavy (non-hydrogen) atoms. The molecule has 25 heteroatoms. The molecule has 2 fully saturated rings. The van der Waals surface area contributed by atoms with Crippen molar-refractivity contribution in [2.45, 2.75) is 158 Å². The number of aliphatic imine (C=N–C) groups is 1. The SMILES string of the molecule is C=NC(=O)[C@@H](CCC(=O)NCC[C@@H](O)[C@H](O)[C@H](O)CO)NC(=O)CN1CCC(NC(=O)CCSCc2cccc(CSCCC(=O)NC3(C(=O)N[C@@H](CC(C)C)C(=O)N[C@H](C(N)=O)[C@@H](C)CC)CCOCC3)n2)CC1. The van der Waals surface area contributed by atoms with E-state index in [4.69, 9.17) is 20.6 Å². The highest BCUT2D eigenvalue weighted by Gasteiger charge is 2.43. The lowest BCUT2D eigenvalue weighted by Gasteiger charge is -2.38. The average molecular weight is 1100 g/mol. The third-order valence-corrected chi connectivity index (χ3v) is 15.1. The lowest BCUT2D eigenvalue weighted by molar-refractivity contribution is -0.140. The van der Waals surface area contributed by atoms with E-state index in [0.717, 1.165) is 11.4 Å². The second-order valence-corrected chi connectivity index (χ2v) is 21.8. The summed E-state index contributed by atoms with van der Waals surface area (Å²) in [6.45, 7) is 11.6. The first-order valence-electron chi connectivity index (χ1n) is 25.8. The summed E-state index contributed by atoms with van der Waals surface area (Å²) in [6.07, 6.45) is -1.68. The van der Waals surface area contributed by atoms with Crippen molar-refractivity contribution in [1.82, 2.24) is 41.8 Å². The Kier molecular flexibility index (Phi) is 29.3. The molecular weight excluding hydrogens is 1010 g/mol. The van der Waals surface area contributed by atoms with Crippen LogP contribution in [0, 0.1) is 11.8 Å². The number of aromatic nitrogens is 1. The molecule has 1 aromatic heterocycles. The normalized spacial score (nSPS) is 17.7. The predicted octanol–water partition coefficient (Wildman–Crippen LogP) is -0.805. The molecule has 2 aliphatic rings. The number of nitrogens with two attached hydrogens (primary N) is 1. The topological polar surface area (TPSA) is 353 Å². The zero-order chi connectivity index (χ0) is 55.5. The number of hydrogen-bond donors (Lipinski definition) is 11. The highest BCUT2D eigenvalue weighted by Crippen LogP contribution is 2.24. The van der Waals surface area contributed by atoms with E-state index in [1.54, 1.807) is 11.8 Å². The van der Waals surface area contributed by atoms with Gasteiger partial charge < -0.3 is 62.8 Å². The van der Waals surface area contributed by atoms with Crippen LogP contribution in [0.25, 0.3) is 0 Å². The highest BCUT2D eigenvalue weighted by atomic mass is 32.2. The van der Waals surface area contributed by atoms with Crippen molar-refractivity contribution in [3.8, 4) is 0 Å². The molecule has 0 saturated carbocycles. The first kappa shape index (κ1) is 64.5. The van der Waals surface area contributed by atoms with Crippen LogP contribution in [0.5, 0.6) is 0 Å². The lowest BCUT2D eigenvalue weighted by atomic mass is 9.87. The van der Waals surface area contributed by atoms with Gasteiger partial charge in [0.25, 0.3) is 5.91 Å². The standard InChI is InChI=1S/C50H82N10O13S2/c1-6-32(4)44(46(51)69)58-48(71)37(26-31(2)3)57-49(72)50(17-22-73-23-18-50)59-42(66)16-25-75-30-35-9-7-8-34(54-35)29-74-24-15-41(65)55-33-13-20-60(21-14-33)27-43(67)56-36(47(70)52-5)10-11-40(64)53-19-12-38(62)45(68)39(63)28-61/h7-9,31-33,36-39,44-45,61-63,68H,5-6,10-30H2,1-4H3,(H2,51,69)(H,53,64)(H,55,65)(H,56,67)(H,57,72)(H,58,71)(H,59,66)/t32-,36+,37-,38+,39+,44-,45-/m0/s1. The van der Waals surface area contributed by atoms with Crippen LogP contribution in [-0.4, -0.2) is 190 Å². The minimum Gasteiger partial charge on any atom is -0.394 e. The van der Waals surface area contributed by atoms with Gasteiger partial charge in [0.2, 0.25) is 41.4 Å². The number of rotatable bonds is 34. The number of amides is 8. The van der Waals surface area contributed by atoms with Gasteiger partial charge in [0.1, 0.15) is 35.9 Å². The van der Waals surface area contributed by atoms with Crippen molar-refractivity contribution < 1.29 is 63.5 Å². The number of nitrogens with zero attached hydrogens (tertiary/aromatic N) is 3. The quantitative estimate of drug-likeness (QED) is 0.0297. The van der Waals surface area contributed by atoms with Crippen molar-refractivity contribution in [2.75, 3.05) is 57.5 Å². The Morgan fingerprint density at radius 2 is 1.48 bits per heavy atom. The van der Waals surface area contributed by atoms with Crippen LogP contribution >= 0.6 is 23.5 Å². The molecule has 23 nitrogen and oxygen atoms in total. The van der Waals surface area contributed by atoms with Gasteiger partial charge in [-0.1, -0.05) is 40.2 Å². The van der Waals surface area contributed by atoms with E-state index in [1.807, 2.05) is 50.8 Å². The molecule has 12 N–H and O–H groups in total. The Balaban J connectivity index is 1.35. The first-order valence-corrected chi connectivity index (χ1v) is 28.1. The molecule has 3 rings (SSSR count). The number of carbonyl (C=O) groups is 8. The fourth-order valence-corrected chi connectivity index (χ4v) is 10.1. The largest absolute Gasteiger partial charge is 0.394 e. The van der Waals surface area contributed by atoms with Gasteiger partial charge in [0, 0.05) is 94.0 Å².